The molecule has 0 fully saturated rings. The second-order valence-electron chi connectivity index (χ2n) is 3.17. The molecule has 0 aliphatic heterocycles. The second-order valence-corrected chi connectivity index (χ2v) is 3.17. The van der Waals surface area contributed by atoms with E-state index < -0.39 is 23.9 Å². The zero-order valence-electron chi connectivity index (χ0n) is 8.96. The van der Waals surface area contributed by atoms with Gasteiger partial charge in [-0.25, -0.2) is 0 Å². The van der Waals surface area contributed by atoms with Crippen molar-refractivity contribution in [2.24, 2.45) is 4.99 Å². The maximum atomic E-state index is 12.5. The van der Waals surface area contributed by atoms with Crippen molar-refractivity contribution in [2.75, 3.05) is 7.05 Å². The Morgan fingerprint density at radius 1 is 1.11 bits per heavy atom. The average Bonchev–Trinajstić information content (AvgIpc) is 2.27. The summed E-state index contributed by atoms with van der Waals surface area (Å²) in [6, 6.07) is 3.74. The third-order valence-corrected chi connectivity index (χ3v) is 1.88. The Morgan fingerprint density at radius 2 is 1.61 bits per heavy atom. The first-order valence-electron chi connectivity index (χ1n) is 4.55. The van der Waals surface area contributed by atoms with Crippen LogP contribution in [-0.4, -0.2) is 25.2 Å². The molecule has 0 saturated carbocycles. The van der Waals surface area contributed by atoms with Crippen LogP contribution >= 0.6 is 0 Å². The molecule has 0 N–H and O–H groups in total. The molecule has 1 rings (SSSR count). The molecule has 3 nitrogen and oxygen atoms in total. The van der Waals surface area contributed by atoms with Crippen molar-refractivity contribution >= 4 is 5.90 Å². The van der Waals surface area contributed by atoms with Gasteiger partial charge in [0.1, 0.15) is 5.75 Å². The van der Waals surface area contributed by atoms with E-state index in [1.165, 1.54) is 7.05 Å². The number of alkyl halides is 5. The van der Waals surface area contributed by atoms with Crippen molar-refractivity contribution in [2.45, 2.75) is 12.3 Å². The topological polar surface area (TPSA) is 44.7 Å². The van der Waals surface area contributed by atoms with Gasteiger partial charge in [0.05, 0.1) is 0 Å². The smallest absolute Gasteiger partial charge is 0.499 e. The molecule has 0 amide bonds. The summed E-state index contributed by atoms with van der Waals surface area (Å²) < 4.78 is 64.1. The second kappa shape index (κ2) is 4.79. The van der Waals surface area contributed by atoms with Gasteiger partial charge >= 0.3 is 12.3 Å². The lowest BCUT2D eigenvalue weighted by Crippen LogP contribution is -2.41. The van der Waals surface area contributed by atoms with Crippen LogP contribution in [0.4, 0.5) is 22.0 Å². The fourth-order valence-electron chi connectivity index (χ4n) is 1.00. The van der Waals surface area contributed by atoms with E-state index in [0.717, 1.165) is 24.3 Å². The maximum Gasteiger partial charge on any atom is 0.499 e. The van der Waals surface area contributed by atoms with Gasteiger partial charge in [-0.3, -0.25) is 0 Å². The predicted octanol–water partition coefficient (Wildman–Crippen LogP) is 1.96. The molecule has 0 aliphatic rings. The van der Waals surface area contributed by atoms with E-state index in [9.17, 15) is 27.1 Å². The van der Waals surface area contributed by atoms with Gasteiger partial charge in [0, 0.05) is 7.05 Å². The fourth-order valence-corrected chi connectivity index (χ4v) is 1.00. The lowest BCUT2D eigenvalue weighted by Gasteiger charge is -2.20. The Balaban J connectivity index is 2.88. The summed E-state index contributed by atoms with van der Waals surface area (Å²) in [6.07, 6.45) is -11.1. The summed E-state index contributed by atoms with van der Waals surface area (Å²) in [5, 5.41) is 11.0. The minimum atomic E-state index is -5.81. The van der Waals surface area contributed by atoms with Gasteiger partial charge in [0.2, 0.25) is 0 Å². The van der Waals surface area contributed by atoms with Crippen molar-refractivity contribution in [1.82, 2.24) is 0 Å². The molecule has 0 spiro atoms. The number of benzene rings is 1. The van der Waals surface area contributed by atoms with Gasteiger partial charge in [0.15, 0.2) is 0 Å². The third-order valence-electron chi connectivity index (χ3n) is 1.88. The van der Waals surface area contributed by atoms with Crippen LogP contribution in [0, 0.1) is 0 Å². The van der Waals surface area contributed by atoms with Crippen molar-refractivity contribution in [1.29, 1.82) is 0 Å². The SMILES string of the molecule is CN=C([O-])c1ccc(OC(F)(F)C(F)(F)F)cc1. The van der Waals surface area contributed by atoms with Crippen molar-refractivity contribution in [3.8, 4) is 5.75 Å². The summed E-state index contributed by atoms with van der Waals surface area (Å²) in [5.74, 6) is -1.32. The van der Waals surface area contributed by atoms with Crippen LogP contribution in [0.1, 0.15) is 5.56 Å². The summed E-state index contributed by atoms with van der Waals surface area (Å²) in [4.78, 5) is 3.29. The van der Waals surface area contributed by atoms with Crippen LogP contribution in [0.3, 0.4) is 0 Å². The van der Waals surface area contributed by atoms with Gasteiger partial charge in [-0.15, -0.1) is 0 Å². The minimum absolute atomic E-state index is 0.0557. The largest absolute Gasteiger partial charge is 0.859 e. The molecule has 0 radical (unpaired) electrons. The molecule has 0 unspecified atom stereocenters. The van der Waals surface area contributed by atoms with Gasteiger partial charge < -0.3 is 14.8 Å². The normalized spacial score (nSPS) is 13.6. The lowest BCUT2D eigenvalue weighted by atomic mass is 10.2. The number of ether oxygens (including phenoxy) is 1. The lowest BCUT2D eigenvalue weighted by molar-refractivity contribution is -0.360. The molecule has 0 bridgehead atoms. The summed E-state index contributed by atoms with van der Waals surface area (Å²) in [7, 11) is 1.23. The number of nitrogens with zero attached hydrogens (tertiary/aromatic N) is 1. The first-order chi connectivity index (χ1) is 8.17. The van der Waals surface area contributed by atoms with Gasteiger partial charge in [-0.05, 0) is 23.6 Å². The molecule has 0 aliphatic carbocycles. The summed E-state index contributed by atoms with van der Waals surface area (Å²) >= 11 is 0. The number of aliphatic imine (C=N–C) groups is 1. The van der Waals surface area contributed by atoms with Crippen LogP contribution in [0.5, 0.6) is 5.75 Å². The van der Waals surface area contributed by atoms with E-state index in [1.807, 2.05) is 0 Å². The highest BCUT2D eigenvalue weighted by molar-refractivity contribution is 5.90. The van der Waals surface area contributed by atoms with Crippen LogP contribution in [0.2, 0.25) is 0 Å². The van der Waals surface area contributed by atoms with E-state index in [2.05, 4.69) is 9.73 Å². The first kappa shape index (κ1) is 14.2. The van der Waals surface area contributed by atoms with Crippen LogP contribution in [0.25, 0.3) is 0 Å². The maximum absolute atomic E-state index is 12.5. The number of hydrogen-bond donors (Lipinski definition) is 0. The number of rotatable bonds is 3. The molecular weight excluding hydrogens is 261 g/mol. The molecule has 18 heavy (non-hydrogen) atoms. The van der Waals surface area contributed by atoms with E-state index in [4.69, 9.17) is 0 Å². The molecule has 100 valence electrons. The highest BCUT2D eigenvalue weighted by Gasteiger charge is 2.61. The van der Waals surface area contributed by atoms with Gasteiger partial charge in [-0.1, -0.05) is 12.1 Å². The first-order valence-corrected chi connectivity index (χ1v) is 4.55. The molecule has 0 saturated heterocycles. The van der Waals surface area contributed by atoms with E-state index in [1.54, 1.807) is 0 Å². The average molecular weight is 268 g/mol. The molecule has 0 atom stereocenters. The summed E-state index contributed by atoms with van der Waals surface area (Å²) in [6.45, 7) is 0. The Labute approximate surface area is 98.5 Å². The molecule has 1 aromatic carbocycles. The van der Waals surface area contributed by atoms with E-state index in [0.29, 0.717) is 0 Å². The van der Waals surface area contributed by atoms with Crippen molar-refractivity contribution in [3.63, 3.8) is 0 Å². The Kier molecular flexibility index (Phi) is 3.78. The monoisotopic (exact) mass is 268 g/mol. The van der Waals surface area contributed by atoms with Crippen LogP contribution in [-0.2, 0) is 0 Å². The Morgan fingerprint density at radius 3 is 2.00 bits per heavy atom. The highest BCUT2D eigenvalue weighted by atomic mass is 19.4. The van der Waals surface area contributed by atoms with E-state index in [-0.39, 0.29) is 5.56 Å². The van der Waals surface area contributed by atoms with E-state index >= 15 is 0 Å². The summed E-state index contributed by atoms with van der Waals surface area (Å²) in [5.41, 5.74) is 0.0557. The molecule has 8 heteroatoms. The van der Waals surface area contributed by atoms with Crippen LogP contribution < -0.4 is 9.84 Å². The zero-order chi connectivity index (χ0) is 14.0. The molecule has 0 aromatic heterocycles. The third kappa shape index (κ3) is 3.08. The Bertz CT molecular complexity index is 439. The standard InChI is InChI=1S/C10H8F5NO2/c1-16-8(17)6-2-4-7(5-3-6)18-10(14,15)9(11,12)13/h2-5H,1H3,(H,16,17)/p-1. The van der Waals surface area contributed by atoms with Crippen LogP contribution in [0.15, 0.2) is 29.3 Å². The van der Waals surface area contributed by atoms with Crippen molar-refractivity contribution < 1.29 is 31.8 Å². The Hall–Kier alpha value is -1.86. The predicted molar refractivity (Wildman–Crippen MR) is 50.5 cm³/mol. The molecule has 0 heterocycles. The molecule has 1 aromatic rings. The van der Waals surface area contributed by atoms with Gasteiger partial charge in [-0.2, -0.15) is 22.0 Å². The van der Waals surface area contributed by atoms with Crippen molar-refractivity contribution in [3.05, 3.63) is 29.8 Å². The zero-order valence-corrected chi connectivity index (χ0v) is 8.96. The fraction of sp³-hybridized carbons (Fsp3) is 0.300. The highest BCUT2D eigenvalue weighted by Crippen LogP contribution is 2.37. The molecular formula is C10H7F5NO2-. The van der Waals surface area contributed by atoms with Gasteiger partial charge in [0.25, 0.3) is 0 Å². The minimum Gasteiger partial charge on any atom is -0.859 e. The quantitative estimate of drug-likeness (QED) is 0.478. The number of halogens is 5. The number of hydrogen-bond acceptors (Lipinski definition) is 3.